The van der Waals surface area contributed by atoms with Crippen LogP contribution in [0.5, 0.6) is 0 Å². The molecule has 2 aromatic carbocycles. The second-order valence-corrected chi connectivity index (χ2v) is 8.94. The summed E-state index contributed by atoms with van der Waals surface area (Å²) in [4.78, 5) is 17.3. The maximum absolute atomic E-state index is 14.5. The standard InChI is InChI=1S/C24H28ClF2N7O/c1-32-11-13-33(14-12-32)10-2-9-29-24(35)30-22-21(16-3-5-17(25)6-4-16)31-34(23(22)28)20-15-18(26)7-8-19(20)27/h3-8,15H,2,9-14,28H2,1H3,(H2,29,30,35). The number of likely N-dealkylation sites (N-methyl/N-ethyl adjacent to an activating group) is 1. The van der Waals surface area contributed by atoms with Gasteiger partial charge in [-0.2, -0.15) is 5.10 Å². The number of nitrogens with one attached hydrogen (secondary N) is 2. The fourth-order valence-electron chi connectivity index (χ4n) is 3.93. The van der Waals surface area contributed by atoms with E-state index in [0.29, 0.717) is 22.8 Å². The van der Waals surface area contributed by atoms with Crippen molar-refractivity contribution in [2.45, 2.75) is 6.42 Å². The summed E-state index contributed by atoms with van der Waals surface area (Å²) in [7, 11) is 2.11. The summed E-state index contributed by atoms with van der Waals surface area (Å²) in [6.07, 6.45) is 0.796. The molecule has 8 nitrogen and oxygen atoms in total. The Morgan fingerprint density at radius 1 is 1.11 bits per heavy atom. The first kappa shape index (κ1) is 24.9. The minimum absolute atomic E-state index is 0.0352. The molecule has 2 amide bonds. The van der Waals surface area contributed by atoms with Crippen LogP contribution in [0.25, 0.3) is 16.9 Å². The van der Waals surface area contributed by atoms with Gasteiger partial charge in [0.25, 0.3) is 0 Å². The minimum atomic E-state index is -0.705. The second kappa shape index (κ2) is 11.0. The van der Waals surface area contributed by atoms with E-state index < -0.39 is 17.7 Å². The lowest BCUT2D eigenvalue weighted by molar-refractivity contribution is 0.153. The zero-order valence-corrected chi connectivity index (χ0v) is 20.2. The molecular formula is C24H28ClF2N7O. The van der Waals surface area contributed by atoms with E-state index in [2.05, 4.69) is 32.6 Å². The van der Waals surface area contributed by atoms with E-state index in [0.717, 1.165) is 62.0 Å². The van der Waals surface area contributed by atoms with Crippen molar-refractivity contribution in [1.29, 1.82) is 0 Å². The third-order valence-corrected chi connectivity index (χ3v) is 6.20. The molecule has 3 aromatic rings. The summed E-state index contributed by atoms with van der Waals surface area (Å²) >= 11 is 6.00. The van der Waals surface area contributed by atoms with E-state index in [1.165, 1.54) is 0 Å². The van der Waals surface area contributed by atoms with Gasteiger partial charge in [-0.3, -0.25) is 0 Å². The Kier molecular flexibility index (Phi) is 7.84. The average Bonchev–Trinajstić information content (AvgIpc) is 3.15. The van der Waals surface area contributed by atoms with Gasteiger partial charge in [-0.1, -0.05) is 23.7 Å². The number of hydrogen-bond donors (Lipinski definition) is 3. The third-order valence-electron chi connectivity index (χ3n) is 5.95. The van der Waals surface area contributed by atoms with E-state index in [4.69, 9.17) is 17.3 Å². The highest BCUT2D eigenvalue weighted by molar-refractivity contribution is 6.30. The second-order valence-electron chi connectivity index (χ2n) is 8.50. The van der Waals surface area contributed by atoms with Crippen LogP contribution in [-0.2, 0) is 0 Å². The Morgan fingerprint density at radius 2 is 1.83 bits per heavy atom. The lowest BCUT2D eigenvalue weighted by atomic mass is 10.1. The number of rotatable bonds is 7. The fraction of sp³-hybridized carbons (Fsp3) is 0.333. The Bertz CT molecular complexity index is 1180. The molecule has 4 N–H and O–H groups in total. The molecule has 11 heteroatoms. The van der Waals surface area contributed by atoms with Crippen LogP contribution in [0.15, 0.2) is 42.5 Å². The van der Waals surface area contributed by atoms with Crippen LogP contribution in [0.2, 0.25) is 5.02 Å². The highest BCUT2D eigenvalue weighted by Crippen LogP contribution is 2.35. The summed E-state index contributed by atoms with van der Waals surface area (Å²) < 4.78 is 29.4. The van der Waals surface area contributed by atoms with Crippen molar-refractivity contribution in [3.63, 3.8) is 0 Å². The zero-order valence-electron chi connectivity index (χ0n) is 19.4. The van der Waals surface area contributed by atoms with Crippen molar-refractivity contribution < 1.29 is 13.6 Å². The molecule has 0 spiro atoms. The minimum Gasteiger partial charge on any atom is -0.382 e. The molecule has 1 aromatic heterocycles. The highest BCUT2D eigenvalue weighted by atomic mass is 35.5. The number of nitrogens with two attached hydrogens (primary N) is 1. The summed E-state index contributed by atoms with van der Waals surface area (Å²) in [6.45, 7) is 5.47. The summed E-state index contributed by atoms with van der Waals surface area (Å²) in [6, 6.07) is 9.26. The molecule has 0 radical (unpaired) electrons. The Morgan fingerprint density at radius 3 is 2.54 bits per heavy atom. The number of carbonyl (C=O) groups is 1. The smallest absolute Gasteiger partial charge is 0.319 e. The molecule has 0 unspecified atom stereocenters. The number of anilines is 2. The van der Waals surface area contributed by atoms with Crippen LogP contribution in [0.4, 0.5) is 25.1 Å². The molecule has 1 fully saturated rings. The van der Waals surface area contributed by atoms with E-state index in [9.17, 15) is 13.6 Å². The van der Waals surface area contributed by atoms with E-state index in [-0.39, 0.29) is 17.2 Å². The number of aromatic nitrogens is 2. The van der Waals surface area contributed by atoms with Gasteiger partial charge in [0.05, 0.1) is 0 Å². The number of hydrogen-bond acceptors (Lipinski definition) is 5. The monoisotopic (exact) mass is 503 g/mol. The summed E-state index contributed by atoms with van der Waals surface area (Å²) in [5.74, 6) is -1.38. The van der Waals surface area contributed by atoms with Gasteiger partial charge in [-0.05, 0) is 44.3 Å². The van der Waals surface area contributed by atoms with Crippen LogP contribution < -0.4 is 16.4 Å². The largest absolute Gasteiger partial charge is 0.382 e. The Balaban J connectivity index is 1.50. The first-order valence-corrected chi connectivity index (χ1v) is 11.7. The van der Waals surface area contributed by atoms with Gasteiger partial charge < -0.3 is 26.2 Å². The molecule has 35 heavy (non-hydrogen) atoms. The topological polar surface area (TPSA) is 91.5 Å². The lowest BCUT2D eigenvalue weighted by Crippen LogP contribution is -2.45. The molecule has 0 saturated carbocycles. The van der Waals surface area contributed by atoms with Gasteiger partial charge in [-0.25, -0.2) is 18.3 Å². The van der Waals surface area contributed by atoms with Gasteiger partial charge in [0, 0.05) is 49.4 Å². The van der Waals surface area contributed by atoms with Crippen LogP contribution in [0, 0.1) is 11.6 Å². The molecule has 0 aliphatic carbocycles. The van der Waals surface area contributed by atoms with Crippen molar-refractivity contribution in [3.05, 3.63) is 59.1 Å². The van der Waals surface area contributed by atoms with Crippen molar-refractivity contribution in [3.8, 4) is 16.9 Å². The number of amides is 2. The number of piperazine rings is 1. The van der Waals surface area contributed by atoms with Crippen molar-refractivity contribution >= 4 is 29.1 Å². The van der Waals surface area contributed by atoms with E-state index in [1.807, 2.05) is 0 Å². The SMILES string of the molecule is CN1CCN(CCCNC(=O)Nc2c(-c3ccc(Cl)cc3)nn(-c3cc(F)ccc3F)c2N)CC1. The van der Waals surface area contributed by atoms with Crippen LogP contribution in [0.3, 0.4) is 0 Å². The van der Waals surface area contributed by atoms with Gasteiger partial charge in [0.15, 0.2) is 5.82 Å². The van der Waals surface area contributed by atoms with Crippen molar-refractivity contribution in [2.75, 3.05) is 57.4 Å². The molecule has 2 heterocycles. The first-order valence-electron chi connectivity index (χ1n) is 11.4. The quantitative estimate of drug-likeness (QED) is 0.426. The summed E-state index contributed by atoms with van der Waals surface area (Å²) in [5.41, 5.74) is 7.19. The molecule has 0 bridgehead atoms. The molecular weight excluding hydrogens is 476 g/mol. The maximum Gasteiger partial charge on any atom is 0.319 e. The maximum atomic E-state index is 14.5. The van der Waals surface area contributed by atoms with Crippen molar-refractivity contribution in [2.24, 2.45) is 0 Å². The first-order chi connectivity index (χ1) is 16.8. The number of benzene rings is 2. The average molecular weight is 504 g/mol. The molecule has 1 saturated heterocycles. The lowest BCUT2D eigenvalue weighted by Gasteiger charge is -2.32. The summed E-state index contributed by atoms with van der Waals surface area (Å²) in [5, 5.41) is 10.5. The molecule has 4 rings (SSSR count). The number of urea groups is 1. The van der Waals surface area contributed by atoms with Crippen LogP contribution in [-0.4, -0.2) is 71.9 Å². The number of nitrogens with zero attached hydrogens (tertiary/aromatic N) is 4. The zero-order chi connectivity index (χ0) is 24.9. The predicted molar refractivity (Wildman–Crippen MR) is 134 cm³/mol. The molecule has 186 valence electrons. The number of carbonyl (C=O) groups excluding carboxylic acids is 1. The van der Waals surface area contributed by atoms with Gasteiger partial charge in [-0.15, -0.1) is 0 Å². The fourth-order valence-corrected chi connectivity index (χ4v) is 4.06. The van der Waals surface area contributed by atoms with Gasteiger partial charge >= 0.3 is 6.03 Å². The van der Waals surface area contributed by atoms with E-state index >= 15 is 0 Å². The van der Waals surface area contributed by atoms with Crippen LogP contribution in [0.1, 0.15) is 6.42 Å². The Labute approximate surface area is 207 Å². The normalized spacial score (nSPS) is 14.7. The van der Waals surface area contributed by atoms with Gasteiger partial charge in [0.1, 0.15) is 28.7 Å². The third kappa shape index (κ3) is 6.08. The van der Waals surface area contributed by atoms with E-state index in [1.54, 1.807) is 24.3 Å². The van der Waals surface area contributed by atoms with Crippen LogP contribution >= 0.6 is 11.6 Å². The van der Waals surface area contributed by atoms with Gasteiger partial charge in [0.2, 0.25) is 0 Å². The molecule has 1 aliphatic heterocycles. The number of nitrogen functional groups attached to an aromatic ring is 1. The Hall–Kier alpha value is -3.21. The van der Waals surface area contributed by atoms with Crippen molar-refractivity contribution in [1.82, 2.24) is 24.9 Å². The number of halogens is 3. The molecule has 1 aliphatic rings. The molecule has 0 atom stereocenters. The predicted octanol–water partition coefficient (Wildman–Crippen LogP) is 3.81. The highest BCUT2D eigenvalue weighted by Gasteiger charge is 2.22.